The first-order valence-corrected chi connectivity index (χ1v) is 21.4. The first-order chi connectivity index (χ1) is 31.2. The van der Waals surface area contributed by atoms with Crippen molar-refractivity contribution < 1.29 is 23.9 Å². The number of pyridine rings is 2. The molecule has 3 aliphatic heterocycles. The number of aromatic nitrogens is 2. The third-order valence-electron chi connectivity index (χ3n) is 10.9. The number of benzene rings is 4. The predicted octanol–water partition coefficient (Wildman–Crippen LogP) is 7.68. The molecule has 2 aromatic heterocycles. The number of fused-ring (bicyclic) bond motifs is 2. The lowest BCUT2D eigenvalue weighted by Crippen LogP contribution is -2.53. The summed E-state index contributed by atoms with van der Waals surface area (Å²) in [7, 11) is 0. The minimum atomic E-state index is -0.919. The maximum absolute atomic E-state index is 13.0. The molecule has 3 aliphatic rings. The molecule has 4 aromatic carbocycles. The molecule has 0 N–H and O–H groups in total. The highest BCUT2D eigenvalue weighted by atomic mass is 16.5. The Labute approximate surface area is 374 Å². The monoisotopic (exact) mass is 856 g/mol. The number of hydrogen-bond donors (Lipinski definition) is 0. The molecule has 1 atom stereocenters. The van der Waals surface area contributed by atoms with Gasteiger partial charge < -0.3 is 14.5 Å². The summed E-state index contributed by atoms with van der Waals surface area (Å²) in [6.07, 6.45) is 1.64. The minimum absolute atomic E-state index is 0.00533. The second-order valence-electron chi connectivity index (χ2n) is 15.3. The van der Waals surface area contributed by atoms with Gasteiger partial charge in [0, 0.05) is 94.4 Å². The summed E-state index contributed by atoms with van der Waals surface area (Å²) >= 11 is 0. The van der Waals surface area contributed by atoms with E-state index in [2.05, 4.69) is 24.6 Å². The van der Waals surface area contributed by atoms with E-state index in [4.69, 9.17) is 17.9 Å². The molecule has 0 aliphatic carbocycles. The molecule has 0 bridgehead atoms. The van der Waals surface area contributed by atoms with E-state index in [1.165, 1.54) is 19.8 Å². The van der Waals surface area contributed by atoms with Crippen molar-refractivity contribution in [3.05, 3.63) is 179 Å². The van der Waals surface area contributed by atoms with Crippen LogP contribution in [-0.2, 0) is 4.74 Å². The summed E-state index contributed by atoms with van der Waals surface area (Å²) in [5.74, 6) is -0.223. The summed E-state index contributed by atoms with van der Waals surface area (Å²) in [6.45, 7) is 23.3. The zero-order valence-corrected chi connectivity index (χ0v) is 36.1. The standard InChI is InChI=1S/C23H20N4O2.C13H15N3O.C11H9NO.C4H8O/c1-24-22(21(28)20-12-11-17-7-5-6-10-19(17)25-20)26-13-15-27(16-14-26)23(29)18-8-3-2-4-9-18;1-14-11-15-7-9-16(10-8-15)13(17)12-5-3-2-4-6-12;1-8(13)10-7-6-9-4-2-3-5-11(9)12-10;1-2-4-5-3-1/h2-12,22H,13-16H2;2-6H,7-11H2;2-7H,1H3;1-4H2. The Balaban J connectivity index is 0.000000163. The number of piperazine rings is 2. The number of para-hydroxylation sites is 2. The van der Waals surface area contributed by atoms with E-state index in [1.807, 2.05) is 119 Å². The lowest BCUT2D eigenvalue weighted by Gasteiger charge is -2.34. The van der Waals surface area contributed by atoms with Gasteiger partial charge in [-0.1, -0.05) is 84.9 Å². The van der Waals surface area contributed by atoms with Crippen LogP contribution in [-0.4, -0.2) is 131 Å². The Morgan fingerprint density at radius 2 is 1.03 bits per heavy atom. The van der Waals surface area contributed by atoms with Gasteiger partial charge in [0.2, 0.25) is 0 Å². The maximum atomic E-state index is 13.0. The van der Waals surface area contributed by atoms with Crippen molar-refractivity contribution in [3.8, 4) is 0 Å². The largest absolute Gasteiger partial charge is 0.381 e. The molecule has 2 amide bonds. The second kappa shape index (κ2) is 23.9. The van der Waals surface area contributed by atoms with E-state index in [0.29, 0.717) is 62.9 Å². The van der Waals surface area contributed by atoms with Crippen LogP contribution in [0.4, 0.5) is 0 Å². The zero-order chi connectivity index (χ0) is 45.1. The fraction of sp³-hybridized carbons (Fsp3) is 0.294. The van der Waals surface area contributed by atoms with Crippen LogP contribution in [0.25, 0.3) is 31.5 Å². The fourth-order valence-electron chi connectivity index (χ4n) is 7.30. The molecule has 0 spiro atoms. The molecule has 13 nitrogen and oxygen atoms in total. The number of hydrogen-bond acceptors (Lipinski definition) is 9. The Bertz CT molecular complexity index is 2570. The topological polar surface area (TPSA) is 125 Å². The van der Waals surface area contributed by atoms with Gasteiger partial charge >= 0.3 is 6.17 Å². The fourth-order valence-corrected chi connectivity index (χ4v) is 7.30. The van der Waals surface area contributed by atoms with Crippen LogP contribution >= 0.6 is 0 Å². The summed E-state index contributed by atoms with van der Waals surface area (Å²) < 4.78 is 4.94. The van der Waals surface area contributed by atoms with Crippen LogP contribution in [0.1, 0.15) is 61.5 Å². The van der Waals surface area contributed by atoms with Crippen LogP contribution in [0, 0.1) is 13.1 Å². The molecule has 9 rings (SSSR count). The van der Waals surface area contributed by atoms with Crippen molar-refractivity contribution >= 4 is 45.2 Å². The molecule has 6 aromatic rings. The van der Waals surface area contributed by atoms with Crippen molar-refractivity contribution in [2.24, 2.45) is 0 Å². The summed E-state index contributed by atoms with van der Waals surface area (Å²) in [4.78, 5) is 71.8. The highest BCUT2D eigenvalue weighted by molar-refractivity contribution is 6.01. The Hall–Kier alpha value is -7.16. The molecular weight excluding hydrogens is 805 g/mol. The molecule has 64 heavy (non-hydrogen) atoms. The zero-order valence-electron chi connectivity index (χ0n) is 36.1. The Kier molecular flexibility index (Phi) is 17.3. The normalized spacial score (nSPS) is 15.4. The molecule has 326 valence electrons. The van der Waals surface area contributed by atoms with E-state index >= 15 is 0 Å². The number of carbonyl (C=O) groups is 4. The highest BCUT2D eigenvalue weighted by Crippen LogP contribution is 2.18. The number of nitrogens with zero attached hydrogens (tertiary/aromatic N) is 8. The molecular formula is C51H52N8O5. The van der Waals surface area contributed by atoms with Gasteiger partial charge in [-0.25, -0.2) is 32.9 Å². The molecule has 3 saturated heterocycles. The number of Topliss-reactive ketones (excluding diaryl/α,β-unsaturated/α-hetero) is 2. The summed E-state index contributed by atoms with van der Waals surface area (Å²) in [5, 5.41) is 2.02. The van der Waals surface area contributed by atoms with Crippen molar-refractivity contribution in [1.82, 2.24) is 29.6 Å². The lowest BCUT2D eigenvalue weighted by molar-refractivity contribution is 0.0572. The molecule has 0 saturated carbocycles. The van der Waals surface area contributed by atoms with Crippen LogP contribution in [0.2, 0.25) is 0 Å². The van der Waals surface area contributed by atoms with Crippen LogP contribution in [0.5, 0.6) is 0 Å². The lowest BCUT2D eigenvalue weighted by atomic mass is 10.1. The molecule has 1 unspecified atom stereocenters. The minimum Gasteiger partial charge on any atom is -0.381 e. The van der Waals surface area contributed by atoms with Gasteiger partial charge in [-0.3, -0.25) is 28.9 Å². The average Bonchev–Trinajstić information content (AvgIpc) is 3.96. The quantitative estimate of drug-likeness (QED) is 0.118. The van der Waals surface area contributed by atoms with Crippen LogP contribution in [0.3, 0.4) is 0 Å². The first kappa shape index (κ1) is 46.3. The molecule has 3 fully saturated rings. The van der Waals surface area contributed by atoms with Crippen LogP contribution < -0.4 is 0 Å². The summed E-state index contributed by atoms with van der Waals surface area (Å²) in [6, 6.07) is 41.0. The van der Waals surface area contributed by atoms with Gasteiger partial charge in [-0.05, 0) is 61.4 Å². The van der Waals surface area contributed by atoms with E-state index in [0.717, 1.165) is 53.7 Å². The van der Waals surface area contributed by atoms with Gasteiger partial charge in [-0.2, -0.15) is 0 Å². The molecule has 5 heterocycles. The number of ether oxygens (including phenoxy) is 1. The van der Waals surface area contributed by atoms with Crippen LogP contribution in [0.15, 0.2) is 133 Å². The van der Waals surface area contributed by atoms with E-state index in [1.54, 1.807) is 29.2 Å². The summed E-state index contributed by atoms with van der Waals surface area (Å²) in [5.41, 5.74) is 3.83. The molecule has 0 radical (unpaired) electrons. The van der Waals surface area contributed by atoms with E-state index < -0.39 is 6.17 Å². The number of amides is 2. The average molecular weight is 857 g/mol. The third-order valence-corrected chi connectivity index (χ3v) is 10.9. The van der Waals surface area contributed by atoms with Gasteiger partial charge in [0.05, 0.1) is 11.0 Å². The predicted molar refractivity (Wildman–Crippen MR) is 248 cm³/mol. The Morgan fingerprint density at radius 3 is 1.48 bits per heavy atom. The third kappa shape index (κ3) is 12.9. The van der Waals surface area contributed by atoms with Gasteiger partial charge in [0.15, 0.2) is 5.78 Å². The van der Waals surface area contributed by atoms with Gasteiger partial charge in [-0.15, -0.1) is 0 Å². The number of rotatable bonds is 7. The van der Waals surface area contributed by atoms with Crippen molar-refractivity contribution in [3.63, 3.8) is 0 Å². The second-order valence-corrected chi connectivity index (χ2v) is 15.3. The number of ketones is 2. The van der Waals surface area contributed by atoms with E-state index in [-0.39, 0.29) is 23.4 Å². The number of carbonyl (C=O) groups excluding carboxylic acids is 4. The van der Waals surface area contributed by atoms with Gasteiger partial charge in [0.1, 0.15) is 11.4 Å². The highest BCUT2D eigenvalue weighted by Gasteiger charge is 2.36. The maximum Gasteiger partial charge on any atom is 0.344 e. The van der Waals surface area contributed by atoms with Crippen molar-refractivity contribution in [1.29, 1.82) is 0 Å². The smallest absolute Gasteiger partial charge is 0.344 e. The van der Waals surface area contributed by atoms with Gasteiger partial charge in [0.25, 0.3) is 24.3 Å². The van der Waals surface area contributed by atoms with Crippen molar-refractivity contribution in [2.75, 3.05) is 72.2 Å². The van der Waals surface area contributed by atoms with E-state index in [9.17, 15) is 19.2 Å². The SMILES string of the molecule is C1CCOC1.CC(=O)c1ccc2ccccc2n1.[C-]#[N+]C(C(=O)c1ccc2ccccc2n1)N1CCN(C(=O)c2ccccc2)CC1.[C-]#[N+]CN1CCN(C(=O)c2ccccc2)CC1. The Morgan fingerprint density at radius 1 is 0.578 bits per heavy atom. The molecule has 13 heteroatoms. The first-order valence-electron chi connectivity index (χ1n) is 21.4. The van der Waals surface area contributed by atoms with Crippen molar-refractivity contribution in [2.45, 2.75) is 25.9 Å².